The van der Waals surface area contributed by atoms with Crippen molar-refractivity contribution in [1.29, 1.82) is 0 Å². The SMILES string of the molecule is CSc1nc(N[C@H]2OC[C@@H](O)[C@@H](O)[C@@H]2O)c(I)c(=O)n1C. The molecule has 0 spiro atoms. The van der Waals surface area contributed by atoms with Gasteiger partial charge in [0.05, 0.1) is 6.61 Å². The average Bonchev–Trinajstić information content (AvgIpc) is 2.48. The molecular weight excluding hydrogens is 413 g/mol. The van der Waals surface area contributed by atoms with Crippen LogP contribution in [0.3, 0.4) is 0 Å². The van der Waals surface area contributed by atoms with E-state index < -0.39 is 24.5 Å². The first-order valence-electron chi connectivity index (χ1n) is 6.09. The summed E-state index contributed by atoms with van der Waals surface area (Å²) in [6.07, 6.45) is -2.94. The van der Waals surface area contributed by atoms with E-state index in [4.69, 9.17) is 4.74 Å². The van der Waals surface area contributed by atoms with E-state index in [9.17, 15) is 20.1 Å². The number of ether oxygens (including phenoxy) is 1. The molecule has 1 saturated heterocycles. The molecule has 0 aromatic carbocycles. The van der Waals surface area contributed by atoms with Gasteiger partial charge in [0.25, 0.3) is 5.56 Å². The normalized spacial score (nSPS) is 29.4. The predicted molar refractivity (Wildman–Crippen MR) is 85.4 cm³/mol. The number of thioether (sulfide) groups is 1. The minimum absolute atomic E-state index is 0.118. The molecule has 1 fully saturated rings. The van der Waals surface area contributed by atoms with Gasteiger partial charge >= 0.3 is 0 Å². The summed E-state index contributed by atoms with van der Waals surface area (Å²) in [5, 5.41) is 32.3. The highest BCUT2D eigenvalue weighted by Crippen LogP contribution is 2.21. The number of rotatable bonds is 3. The summed E-state index contributed by atoms with van der Waals surface area (Å²) in [6.45, 7) is -0.118. The Morgan fingerprint density at radius 3 is 2.71 bits per heavy atom. The van der Waals surface area contributed by atoms with Crippen LogP contribution in [0.15, 0.2) is 9.95 Å². The van der Waals surface area contributed by atoms with Crippen molar-refractivity contribution in [1.82, 2.24) is 9.55 Å². The number of nitrogens with zero attached hydrogens (tertiary/aromatic N) is 2. The Hall–Kier alpha value is -0.400. The van der Waals surface area contributed by atoms with E-state index in [2.05, 4.69) is 10.3 Å². The lowest BCUT2D eigenvalue weighted by Gasteiger charge is -2.35. The molecule has 118 valence electrons. The van der Waals surface area contributed by atoms with Gasteiger partial charge in [-0.1, -0.05) is 11.8 Å². The van der Waals surface area contributed by atoms with E-state index >= 15 is 0 Å². The third kappa shape index (κ3) is 3.35. The Morgan fingerprint density at radius 1 is 1.43 bits per heavy atom. The number of halogens is 1. The summed E-state index contributed by atoms with van der Waals surface area (Å²) in [5.74, 6) is 0.274. The number of hydrogen-bond donors (Lipinski definition) is 4. The molecule has 1 aliphatic heterocycles. The Labute approximate surface area is 138 Å². The number of nitrogens with one attached hydrogen (secondary N) is 1. The molecule has 0 radical (unpaired) electrons. The number of aliphatic hydroxyl groups excluding tert-OH is 3. The molecule has 0 bridgehead atoms. The largest absolute Gasteiger partial charge is 0.388 e. The van der Waals surface area contributed by atoms with Crippen LogP contribution in [-0.2, 0) is 11.8 Å². The van der Waals surface area contributed by atoms with Crippen LogP contribution in [0, 0.1) is 3.57 Å². The summed E-state index contributed by atoms with van der Waals surface area (Å²) in [6, 6.07) is 0. The van der Waals surface area contributed by atoms with Gasteiger partial charge in [-0.05, 0) is 28.8 Å². The molecule has 0 saturated carbocycles. The lowest BCUT2D eigenvalue weighted by atomic mass is 10.0. The highest BCUT2D eigenvalue weighted by Gasteiger charge is 2.38. The molecule has 0 unspecified atom stereocenters. The maximum Gasteiger partial charge on any atom is 0.269 e. The molecule has 2 rings (SSSR count). The molecule has 8 nitrogen and oxygen atoms in total. The maximum atomic E-state index is 12.1. The molecule has 1 aromatic rings. The average molecular weight is 429 g/mol. The first-order valence-corrected chi connectivity index (χ1v) is 8.40. The standard InChI is InChI=1S/C11H16IN3O5S/c1-15-10(19)5(12)8(14-11(15)21-2)13-9-7(18)6(17)4(16)3-20-9/h4,6-7,9,13,16-18H,3H2,1-2H3/t4-,6-,7+,9+/m1/s1. The van der Waals surface area contributed by atoms with Crippen molar-refractivity contribution in [2.45, 2.75) is 29.7 Å². The van der Waals surface area contributed by atoms with Crippen molar-refractivity contribution in [3.63, 3.8) is 0 Å². The van der Waals surface area contributed by atoms with Crippen molar-refractivity contribution >= 4 is 40.2 Å². The number of aromatic nitrogens is 2. The van der Waals surface area contributed by atoms with Crippen LogP contribution in [0.2, 0.25) is 0 Å². The Bertz CT molecular complexity index is 584. The lowest BCUT2D eigenvalue weighted by molar-refractivity contribution is -0.178. The Kier molecular flexibility index (Phi) is 5.48. The van der Waals surface area contributed by atoms with Gasteiger partial charge in [-0.3, -0.25) is 9.36 Å². The van der Waals surface area contributed by atoms with Crippen LogP contribution in [0.5, 0.6) is 0 Å². The molecule has 0 aliphatic carbocycles. The number of anilines is 1. The van der Waals surface area contributed by atoms with E-state index in [1.807, 2.05) is 22.6 Å². The minimum Gasteiger partial charge on any atom is -0.388 e. The van der Waals surface area contributed by atoms with Gasteiger partial charge in [0, 0.05) is 7.05 Å². The maximum absolute atomic E-state index is 12.1. The third-order valence-electron chi connectivity index (χ3n) is 3.16. The monoisotopic (exact) mass is 429 g/mol. The number of aliphatic hydroxyl groups is 3. The quantitative estimate of drug-likeness (QED) is 0.274. The summed E-state index contributed by atoms with van der Waals surface area (Å²) in [5.41, 5.74) is -0.219. The Balaban J connectivity index is 2.28. The van der Waals surface area contributed by atoms with Crippen LogP contribution in [-0.4, -0.2) is 62.3 Å². The van der Waals surface area contributed by atoms with Crippen LogP contribution < -0.4 is 10.9 Å². The zero-order valence-corrected chi connectivity index (χ0v) is 14.3. The van der Waals surface area contributed by atoms with Gasteiger partial charge in [-0.2, -0.15) is 0 Å². The van der Waals surface area contributed by atoms with E-state index in [1.54, 1.807) is 13.3 Å². The summed E-state index contributed by atoms with van der Waals surface area (Å²) in [4.78, 5) is 16.4. The summed E-state index contributed by atoms with van der Waals surface area (Å²) in [7, 11) is 1.62. The topological polar surface area (TPSA) is 117 Å². The Morgan fingerprint density at radius 2 is 2.10 bits per heavy atom. The molecule has 0 amide bonds. The van der Waals surface area contributed by atoms with Crippen LogP contribution in [0.25, 0.3) is 0 Å². The first kappa shape index (κ1) is 17.0. The van der Waals surface area contributed by atoms with E-state index in [1.165, 1.54) is 16.3 Å². The van der Waals surface area contributed by atoms with Crippen molar-refractivity contribution in [2.24, 2.45) is 7.05 Å². The molecule has 21 heavy (non-hydrogen) atoms. The lowest BCUT2D eigenvalue weighted by Crippen LogP contribution is -2.55. The second-order valence-corrected chi connectivity index (χ2v) is 6.42. The van der Waals surface area contributed by atoms with Gasteiger partial charge in [0.2, 0.25) is 0 Å². The summed E-state index contributed by atoms with van der Waals surface area (Å²) >= 11 is 3.17. The van der Waals surface area contributed by atoms with Crippen LogP contribution in [0.4, 0.5) is 5.82 Å². The summed E-state index contributed by atoms with van der Waals surface area (Å²) < 4.78 is 7.02. The molecular formula is C11H16IN3O5S. The van der Waals surface area contributed by atoms with Gasteiger partial charge in [-0.25, -0.2) is 4.98 Å². The van der Waals surface area contributed by atoms with Gasteiger partial charge < -0.3 is 25.4 Å². The molecule has 1 aromatic heterocycles. The second kappa shape index (κ2) is 6.79. The van der Waals surface area contributed by atoms with Gasteiger partial charge in [-0.15, -0.1) is 0 Å². The highest BCUT2D eigenvalue weighted by atomic mass is 127. The molecule has 1 aliphatic rings. The minimum atomic E-state index is -1.33. The second-order valence-electron chi connectivity index (χ2n) is 4.57. The fourth-order valence-electron chi connectivity index (χ4n) is 1.90. The third-order valence-corrected chi connectivity index (χ3v) is 4.86. The fourth-order valence-corrected chi connectivity index (χ4v) is 3.08. The van der Waals surface area contributed by atoms with Crippen molar-refractivity contribution in [3.8, 4) is 0 Å². The fraction of sp³-hybridized carbons (Fsp3) is 0.636. The highest BCUT2D eigenvalue weighted by molar-refractivity contribution is 14.1. The van der Waals surface area contributed by atoms with Gasteiger partial charge in [0.15, 0.2) is 11.4 Å². The molecule has 4 N–H and O–H groups in total. The molecule has 10 heteroatoms. The zero-order valence-electron chi connectivity index (χ0n) is 11.4. The van der Waals surface area contributed by atoms with Crippen LogP contribution in [0.1, 0.15) is 0 Å². The van der Waals surface area contributed by atoms with E-state index in [-0.39, 0.29) is 18.0 Å². The van der Waals surface area contributed by atoms with Crippen molar-refractivity contribution in [3.05, 3.63) is 13.9 Å². The molecule has 4 atom stereocenters. The predicted octanol–water partition coefficient (Wildman–Crippen LogP) is -1.04. The van der Waals surface area contributed by atoms with Crippen molar-refractivity contribution < 1.29 is 20.1 Å². The van der Waals surface area contributed by atoms with Crippen LogP contribution >= 0.6 is 34.4 Å². The zero-order chi connectivity index (χ0) is 15.7. The van der Waals surface area contributed by atoms with E-state index in [0.717, 1.165) is 0 Å². The smallest absolute Gasteiger partial charge is 0.269 e. The first-order chi connectivity index (χ1) is 9.86. The van der Waals surface area contributed by atoms with Gasteiger partial charge in [0.1, 0.15) is 27.7 Å². The number of hydrogen-bond acceptors (Lipinski definition) is 8. The molecule has 2 heterocycles. The van der Waals surface area contributed by atoms with Crippen molar-refractivity contribution in [2.75, 3.05) is 18.2 Å². The van der Waals surface area contributed by atoms with E-state index in [0.29, 0.717) is 8.73 Å².